The summed E-state index contributed by atoms with van der Waals surface area (Å²) < 4.78 is 0. The van der Waals surface area contributed by atoms with Crippen LogP contribution < -0.4 is 5.73 Å². The summed E-state index contributed by atoms with van der Waals surface area (Å²) in [5, 5.41) is 8.56. The van der Waals surface area contributed by atoms with Gasteiger partial charge in [-0.15, -0.1) is 0 Å². The van der Waals surface area contributed by atoms with Gasteiger partial charge in [0, 0.05) is 6.42 Å². The number of aliphatic carboxylic acids is 1. The van der Waals surface area contributed by atoms with E-state index in [0.717, 1.165) is 45.4 Å². The van der Waals surface area contributed by atoms with Crippen LogP contribution in [-0.2, 0) is 4.79 Å². The van der Waals surface area contributed by atoms with Gasteiger partial charge in [-0.1, -0.05) is 136 Å². The summed E-state index contributed by atoms with van der Waals surface area (Å²) in [6.45, 7) is 10.9. The first kappa shape index (κ1) is 34.6. The van der Waals surface area contributed by atoms with Crippen LogP contribution in [0.3, 0.4) is 0 Å². The van der Waals surface area contributed by atoms with E-state index in [1.54, 1.807) is 0 Å². The second-order valence-corrected chi connectivity index (χ2v) is 9.68. The Kier molecular flexibility index (Phi) is 32.9. The molecule has 0 aromatic carbocycles. The maximum Gasteiger partial charge on any atom is 0.303 e. The van der Waals surface area contributed by atoms with E-state index in [1.165, 1.54) is 109 Å². The van der Waals surface area contributed by atoms with Gasteiger partial charge in [0.05, 0.1) is 0 Å². The third-order valence-electron chi connectivity index (χ3n) is 6.57. The van der Waals surface area contributed by atoms with Gasteiger partial charge >= 0.3 is 5.97 Å². The van der Waals surface area contributed by atoms with Crippen LogP contribution in [-0.4, -0.2) is 42.2 Å². The van der Waals surface area contributed by atoms with Crippen molar-refractivity contribution in [2.75, 3.05) is 26.2 Å². The second kappa shape index (κ2) is 31.4. The first-order valence-corrected chi connectivity index (χ1v) is 14.8. The Balaban J connectivity index is 0. The molecular formula is C29H62N2O2. The van der Waals surface area contributed by atoms with E-state index in [-0.39, 0.29) is 0 Å². The number of hydrogen-bond donors (Lipinski definition) is 2. The summed E-state index contributed by atoms with van der Waals surface area (Å²) in [4.78, 5) is 12.8. The quantitative estimate of drug-likeness (QED) is 0.131. The van der Waals surface area contributed by atoms with Crippen LogP contribution in [0.2, 0.25) is 0 Å². The Labute approximate surface area is 208 Å². The molecule has 0 fully saturated rings. The lowest BCUT2D eigenvalue weighted by molar-refractivity contribution is -0.137. The lowest BCUT2D eigenvalue weighted by Gasteiger charge is -2.16. The molecule has 0 saturated carbocycles. The molecular weight excluding hydrogens is 408 g/mol. The van der Waals surface area contributed by atoms with E-state index >= 15 is 0 Å². The molecule has 0 aromatic heterocycles. The number of carboxylic acid groups (broad SMARTS) is 1. The highest BCUT2D eigenvalue weighted by atomic mass is 16.4. The first-order chi connectivity index (χ1) is 16.1. The number of nitrogens with two attached hydrogens (primary N) is 1. The predicted octanol–water partition coefficient (Wildman–Crippen LogP) is 8.57. The van der Waals surface area contributed by atoms with Crippen molar-refractivity contribution in [1.29, 1.82) is 0 Å². The van der Waals surface area contributed by atoms with Crippen LogP contribution in [0.4, 0.5) is 0 Å². The molecule has 4 heteroatoms. The zero-order chi connectivity index (χ0) is 24.8. The summed E-state index contributed by atoms with van der Waals surface area (Å²) in [7, 11) is 0. The molecule has 0 unspecified atom stereocenters. The fourth-order valence-corrected chi connectivity index (χ4v) is 4.21. The summed E-state index contributed by atoms with van der Waals surface area (Å²) >= 11 is 0. The number of rotatable bonds is 25. The predicted molar refractivity (Wildman–Crippen MR) is 147 cm³/mol. The molecule has 0 rings (SSSR count). The zero-order valence-corrected chi connectivity index (χ0v) is 23.1. The molecule has 0 aliphatic carbocycles. The molecule has 0 aliphatic heterocycles. The van der Waals surface area contributed by atoms with E-state index in [9.17, 15) is 4.79 Å². The molecule has 3 N–H and O–H groups in total. The van der Waals surface area contributed by atoms with Gasteiger partial charge in [0.15, 0.2) is 0 Å². The summed E-state index contributed by atoms with van der Waals surface area (Å²) in [6.07, 6.45) is 27.2. The van der Waals surface area contributed by atoms with Gasteiger partial charge in [-0.3, -0.25) is 4.79 Å². The van der Waals surface area contributed by atoms with Crippen molar-refractivity contribution in [3.05, 3.63) is 0 Å². The zero-order valence-electron chi connectivity index (χ0n) is 23.1. The summed E-state index contributed by atoms with van der Waals surface area (Å²) in [5.41, 5.74) is 5.36. The van der Waals surface area contributed by atoms with E-state index in [2.05, 4.69) is 25.7 Å². The number of unbranched alkanes of at least 4 members (excludes halogenated alkanes) is 18. The van der Waals surface area contributed by atoms with Crippen molar-refractivity contribution >= 4 is 5.97 Å². The summed E-state index contributed by atoms with van der Waals surface area (Å²) in [5.74, 6) is -0.651. The van der Waals surface area contributed by atoms with Gasteiger partial charge in [-0.05, 0) is 39.0 Å². The highest BCUT2D eigenvalue weighted by Gasteiger charge is 1.97. The number of nitrogens with zero attached hydrogens (tertiary/aromatic N) is 1. The van der Waals surface area contributed by atoms with Crippen LogP contribution in [0.25, 0.3) is 0 Å². The molecule has 0 radical (unpaired) electrons. The fraction of sp³-hybridized carbons (Fsp3) is 0.966. The van der Waals surface area contributed by atoms with Gasteiger partial charge in [0.25, 0.3) is 0 Å². The first-order valence-electron chi connectivity index (χ1n) is 14.8. The number of carboxylic acids is 1. The van der Waals surface area contributed by atoms with Crippen LogP contribution in [0.5, 0.6) is 0 Å². The Bertz CT molecular complexity index is 360. The monoisotopic (exact) mass is 470 g/mol. The molecule has 33 heavy (non-hydrogen) atoms. The van der Waals surface area contributed by atoms with Crippen molar-refractivity contribution in [1.82, 2.24) is 4.90 Å². The number of carbonyl (C=O) groups is 1. The van der Waals surface area contributed by atoms with Gasteiger partial charge in [0.1, 0.15) is 0 Å². The van der Waals surface area contributed by atoms with E-state index in [1.807, 2.05) is 0 Å². The van der Waals surface area contributed by atoms with Crippen molar-refractivity contribution in [2.45, 2.75) is 156 Å². The normalized spacial score (nSPS) is 10.9. The summed E-state index contributed by atoms with van der Waals surface area (Å²) in [6, 6.07) is 0. The van der Waals surface area contributed by atoms with E-state index in [0.29, 0.717) is 6.42 Å². The Morgan fingerprint density at radius 1 is 0.576 bits per heavy atom. The molecule has 0 aromatic rings. The second-order valence-electron chi connectivity index (χ2n) is 9.68. The maximum atomic E-state index is 10.4. The van der Waals surface area contributed by atoms with Crippen molar-refractivity contribution in [3.63, 3.8) is 0 Å². The molecule has 0 bridgehead atoms. The van der Waals surface area contributed by atoms with Gasteiger partial charge in [0.2, 0.25) is 0 Å². The SMILES string of the molecule is CCCCCCCCCCCCCCCCCCCCCC(=O)O.CCN(CC)CCCN. The minimum Gasteiger partial charge on any atom is -0.481 e. The highest BCUT2D eigenvalue weighted by Crippen LogP contribution is 2.14. The molecule has 0 spiro atoms. The molecule has 0 aliphatic rings. The minimum absolute atomic E-state index is 0.346. The molecule has 0 atom stereocenters. The molecule has 0 heterocycles. The van der Waals surface area contributed by atoms with Crippen LogP contribution in [0.1, 0.15) is 156 Å². The Morgan fingerprint density at radius 2 is 0.909 bits per heavy atom. The minimum atomic E-state index is -0.651. The molecule has 200 valence electrons. The third-order valence-corrected chi connectivity index (χ3v) is 6.57. The topological polar surface area (TPSA) is 66.6 Å². The number of hydrogen-bond acceptors (Lipinski definition) is 3. The van der Waals surface area contributed by atoms with Crippen molar-refractivity contribution in [3.8, 4) is 0 Å². The van der Waals surface area contributed by atoms with E-state index in [4.69, 9.17) is 10.8 Å². The Hall–Kier alpha value is -0.610. The van der Waals surface area contributed by atoms with Crippen molar-refractivity contribution < 1.29 is 9.90 Å². The Morgan fingerprint density at radius 3 is 1.18 bits per heavy atom. The average Bonchev–Trinajstić information content (AvgIpc) is 2.81. The standard InChI is InChI=1S/C22H44O2.C7H18N2/c1-2-3-4-5-6-7-8-9-10-11-12-13-14-15-16-17-18-19-20-21-22(23)24;1-3-9(4-2)7-5-6-8/h2-21H2,1H3,(H,23,24);3-8H2,1-2H3. The largest absolute Gasteiger partial charge is 0.481 e. The lowest BCUT2D eigenvalue weighted by Crippen LogP contribution is -2.25. The maximum absolute atomic E-state index is 10.4. The fourth-order valence-electron chi connectivity index (χ4n) is 4.21. The lowest BCUT2D eigenvalue weighted by atomic mass is 10.0. The van der Waals surface area contributed by atoms with E-state index < -0.39 is 5.97 Å². The smallest absolute Gasteiger partial charge is 0.303 e. The molecule has 4 nitrogen and oxygen atoms in total. The van der Waals surface area contributed by atoms with Gasteiger partial charge in [-0.2, -0.15) is 0 Å². The van der Waals surface area contributed by atoms with Gasteiger partial charge < -0.3 is 15.7 Å². The van der Waals surface area contributed by atoms with Crippen LogP contribution >= 0.6 is 0 Å². The molecule has 0 amide bonds. The van der Waals surface area contributed by atoms with Gasteiger partial charge in [-0.25, -0.2) is 0 Å². The molecule has 0 saturated heterocycles. The van der Waals surface area contributed by atoms with Crippen LogP contribution in [0, 0.1) is 0 Å². The highest BCUT2D eigenvalue weighted by molar-refractivity contribution is 5.66. The third kappa shape index (κ3) is 33.6. The average molecular weight is 471 g/mol. The van der Waals surface area contributed by atoms with Crippen molar-refractivity contribution in [2.24, 2.45) is 5.73 Å². The van der Waals surface area contributed by atoms with Crippen LogP contribution in [0.15, 0.2) is 0 Å².